The molecular weight excluding hydrogens is 268 g/mol. The van der Waals surface area contributed by atoms with E-state index in [1.807, 2.05) is 30.3 Å². The molecule has 0 aliphatic rings. The predicted octanol–water partition coefficient (Wildman–Crippen LogP) is 2.40. The summed E-state index contributed by atoms with van der Waals surface area (Å²) in [6.07, 6.45) is 1.61. The molecule has 0 atom stereocenters. The van der Waals surface area contributed by atoms with Crippen LogP contribution in [0.3, 0.4) is 0 Å². The Kier molecular flexibility index (Phi) is 4.66. The van der Waals surface area contributed by atoms with Gasteiger partial charge >= 0.3 is 5.97 Å². The summed E-state index contributed by atoms with van der Waals surface area (Å²) in [5.41, 5.74) is 2.14. The SMILES string of the molecule is CCOC(=O)/C(C)=C/c1cc(=O)[nH]nc1-c1ccccc1. The van der Waals surface area contributed by atoms with Crippen LogP contribution in [0, 0.1) is 0 Å². The van der Waals surface area contributed by atoms with Crippen LogP contribution in [0.1, 0.15) is 19.4 Å². The van der Waals surface area contributed by atoms with Crippen molar-refractivity contribution in [2.45, 2.75) is 13.8 Å². The first-order chi connectivity index (χ1) is 10.1. The Morgan fingerprint density at radius 2 is 2.05 bits per heavy atom. The van der Waals surface area contributed by atoms with Crippen LogP contribution >= 0.6 is 0 Å². The van der Waals surface area contributed by atoms with Gasteiger partial charge in [-0.05, 0) is 19.9 Å². The molecule has 0 spiro atoms. The number of H-pyrrole nitrogens is 1. The highest BCUT2D eigenvalue weighted by atomic mass is 16.5. The van der Waals surface area contributed by atoms with Crippen molar-refractivity contribution in [1.82, 2.24) is 10.2 Å². The van der Waals surface area contributed by atoms with Crippen molar-refractivity contribution < 1.29 is 9.53 Å². The number of aromatic amines is 1. The molecule has 1 N–H and O–H groups in total. The normalized spacial score (nSPS) is 11.2. The number of hydrogen-bond acceptors (Lipinski definition) is 4. The van der Waals surface area contributed by atoms with Gasteiger partial charge in [-0.1, -0.05) is 30.3 Å². The van der Waals surface area contributed by atoms with Crippen molar-refractivity contribution in [2.24, 2.45) is 0 Å². The van der Waals surface area contributed by atoms with Crippen molar-refractivity contribution in [3.63, 3.8) is 0 Å². The Hall–Kier alpha value is -2.69. The Bertz CT molecular complexity index is 718. The lowest BCUT2D eigenvalue weighted by molar-refractivity contribution is -0.138. The molecule has 0 amide bonds. The third kappa shape index (κ3) is 3.66. The standard InChI is InChI=1S/C16H16N2O3/c1-3-21-16(20)11(2)9-13-10-14(19)17-18-15(13)12-7-5-4-6-8-12/h4-10H,3H2,1-2H3,(H,17,19)/b11-9+. The molecule has 0 saturated heterocycles. The van der Waals surface area contributed by atoms with E-state index in [9.17, 15) is 9.59 Å². The highest BCUT2D eigenvalue weighted by Crippen LogP contribution is 2.21. The zero-order valence-electron chi connectivity index (χ0n) is 11.9. The fourth-order valence-electron chi connectivity index (χ4n) is 1.89. The summed E-state index contributed by atoms with van der Waals surface area (Å²) in [5, 5.41) is 6.49. The van der Waals surface area contributed by atoms with Gasteiger partial charge in [0.05, 0.1) is 12.3 Å². The molecule has 5 heteroatoms. The lowest BCUT2D eigenvalue weighted by Gasteiger charge is -2.06. The molecule has 0 aliphatic heterocycles. The maximum atomic E-state index is 11.7. The molecule has 0 unspecified atom stereocenters. The minimum Gasteiger partial charge on any atom is -0.463 e. The van der Waals surface area contributed by atoms with Crippen molar-refractivity contribution in [1.29, 1.82) is 0 Å². The molecule has 1 heterocycles. The Morgan fingerprint density at radius 1 is 1.33 bits per heavy atom. The molecule has 0 radical (unpaired) electrons. The zero-order chi connectivity index (χ0) is 15.2. The number of ether oxygens (including phenoxy) is 1. The number of aromatic nitrogens is 2. The molecular formula is C16H16N2O3. The quantitative estimate of drug-likeness (QED) is 0.691. The van der Waals surface area contributed by atoms with Gasteiger partial charge in [-0.15, -0.1) is 0 Å². The van der Waals surface area contributed by atoms with E-state index in [0.29, 0.717) is 23.4 Å². The maximum Gasteiger partial charge on any atom is 0.333 e. The fraction of sp³-hybridized carbons (Fsp3) is 0.188. The van der Waals surface area contributed by atoms with Gasteiger partial charge in [0.1, 0.15) is 0 Å². The monoisotopic (exact) mass is 284 g/mol. The summed E-state index contributed by atoms with van der Waals surface area (Å²) in [6, 6.07) is 10.9. The average molecular weight is 284 g/mol. The van der Waals surface area contributed by atoms with Crippen molar-refractivity contribution in [3.8, 4) is 11.3 Å². The first-order valence-electron chi connectivity index (χ1n) is 6.62. The average Bonchev–Trinajstić information content (AvgIpc) is 2.48. The van der Waals surface area contributed by atoms with E-state index in [1.54, 1.807) is 19.9 Å². The van der Waals surface area contributed by atoms with Crippen LogP contribution in [-0.4, -0.2) is 22.8 Å². The summed E-state index contributed by atoms with van der Waals surface area (Å²) in [4.78, 5) is 23.2. The van der Waals surface area contributed by atoms with Crippen molar-refractivity contribution >= 4 is 12.0 Å². The van der Waals surface area contributed by atoms with E-state index in [0.717, 1.165) is 5.56 Å². The molecule has 108 valence electrons. The Labute approximate surface area is 122 Å². The number of esters is 1. The van der Waals surface area contributed by atoms with Gasteiger partial charge in [-0.2, -0.15) is 5.10 Å². The van der Waals surface area contributed by atoms with E-state index in [-0.39, 0.29) is 5.56 Å². The van der Waals surface area contributed by atoms with Crippen molar-refractivity contribution in [2.75, 3.05) is 6.61 Å². The number of carbonyl (C=O) groups excluding carboxylic acids is 1. The molecule has 0 fully saturated rings. The Morgan fingerprint density at radius 3 is 2.71 bits per heavy atom. The molecule has 5 nitrogen and oxygen atoms in total. The van der Waals surface area contributed by atoms with Gasteiger partial charge in [0.25, 0.3) is 5.56 Å². The summed E-state index contributed by atoms with van der Waals surface area (Å²) >= 11 is 0. The molecule has 1 aromatic carbocycles. The second kappa shape index (κ2) is 6.65. The lowest BCUT2D eigenvalue weighted by Crippen LogP contribution is -2.10. The first-order valence-corrected chi connectivity index (χ1v) is 6.62. The summed E-state index contributed by atoms with van der Waals surface area (Å²) < 4.78 is 4.94. The smallest absolute Gasteiger partial charge is 0.333 e. The lowest BCUT2D eigenvalue weighted by atomic mass is 10.0. The van der Waals surface area contributed by atoms with Gasteiger partial charge in [0.15, 0.2) is 0 Å². The Balaban J connectivity index is 2.48. The van der Waals surface area contributed by atoms with Crippen LogP contribution in [0.2, 0.25) is 0 Å². The van der Waals surface area contributed by atoms with Crippen LogP contribution in [0.25, 0.3) is 17.3 Å². The van der Waals surface area contributed by atoms with Crippen LogP contribution in [0.5, 0.6) is 0 Å². The number of benzene rings is 1. The molecule has 2 aromatic rings. The summed E-state index contributed by atoms with van der Waals surface area (Å²) in [5.74, 6) is -0.406. The van der Waals surface area contributed by atoms with Gasteiger partial charge in [0, 0.05) is 22.8 Å². The highest BCUT2D eigenvalue weighted by Gasteiger charge is 2.10. The number of rotatable bonds is 4. The highest BCUT2D eigenvalue weighted by molar-refractivity contribution is 5.94. The predicted molar refractivity (Wildman–Crippen MR) is 80.6 cm³/mol. The zero-order valence-corrected chi connectivity index (χ0v) is 11.9. The van der Waals surface area contributed by atoms with Gasteiger partial charge < -0.3 is 4.74 Å². The molecule has 0 aliphatic carbocycles. The molecule has 2 rings (SSSR count). The van der Waals surface area contributed by atoms with E-state index in [1.165, 1.54) is 6.07 Å². The number of nitrogens with one attached hydrogen (secondary N) is 1. The van der Waals surface area contributed by atoms with Crippen LogP contribution in [0.4, 0.5) is 0 Å². The van der Waals surface area contributed by atoms with E-state index in [4.69, 9.17) is 4.74 Å². The van der Waals surface area contributed by atoms with Gasteiger partial charge in [0.2, 0.25) is 0 Å². The number of carbonyl (C=O) groups is 1. The van der Waals surface area contributed by atoms with Crippen LogP contribution in [-0.2, 0) is 9.53 Å². The number of hydrogen-bond donors (Lipinski definition) is 1. The second-order valence-electron chi connectivity index (χ2n) is 4.45. The first kappa shape index (κ1) is 14.7. The minimum atomic E-state index is -0.406. The maximum absolute atomic E-state index is 11.7. The molecule has 0 saturated carbocycles. The fourth-order valence-corrected chi connectivity index (χ4v) is 1.89. The third-order valence-corrected chi connectivity index (χ3v) is 2.85. The van der Waals surface area contributed by atoms with Gasteiger partial charge in [-0.25, -0.2) is 9.89 Å². The van der Waals surface area contributed by atoms with Gasteiger partial charge in [-0.3, -0.25) is 4.79 Å². The van der Waals surface area contributed by atoms with Crippen LogP contribution in [0.15, 0.2) is 46.8 Å². The largest absolute Gasteiger partial charge is 0.463 e. The molecule has 21 heavy (non-hydrogen) atoms. The van der Waals surface area contributed by atoms with E-state index in [2.05, 4.69) is 10.2 Å². The summed E-state index contributed by atoms with van der Waals surface area (Å²) in [6.45, 7) is 3.70. The third-order valence-electron chi connectivity index (χ3n) is 2.85. The van der Waals surface area contributed by atoms with Crippen LogP contribution < -0.4 is 5.56 Å². The molecule has 1 aromatic heterocycles. The topological polar surface area (TPSA) is 72.1 Å². The second-order valence-corrected chi connectivity index (χ2v) is 4.45. The van der Waals surface area contributed by atoms with E-state index >= 15 is 0 Å². The van der Waals surface area contributed by atoms with Crippen molar-refractivity contribution in [3.05, 3.63) is 57.9 Å². The minimum absolute atomic E-state index is 0.309. The summed E-state index contributed by atoms with van der Waals surface area (Å²) in [7, 11) is 0. The number of nitrogens with zero attached hydrogens (tertiary/aromatic N) is 1. The van der Waals surface area contributed by atoms with E-state index < -0.39 is 5.97 Å². The molecule has 0 bridgehead atoms.